The van der Waals surface area contributed by atoms with Crippen molar-refractivity contribution in [2.75, 3.05) is 14.2 Å². The van der Waals surface area contributed by atoms with Crippen molar-refractivity contribution >= 4 is 11.0 Å². The minimum atomic E-state index is -1.22. The summed E-state index contributed by atoms with van der Waals surface area (Å²) in [5, 5.41) is 10.9. The largest absolute Gasteiger partial charge is 0.493 e. The Kier molecular flexibility index (Phi) is 3.92. The molecule has 23 heavy (non-hydrogen) atoms. The van der Waals surface area contributed by atoms with Crippen molar-refractivity contribution in [2.45, 2.75) is 18.9 Å². The second-order valence-electron chi connectivity index (χ2n) is 5.55. The van der Waals surface area contributed by atoms with Crippen molar-refractivity contribution in [1.82, 2.24) is 15.0 Å². The predicted octanol–water partition coefficient (Wildman–Crippen LogP) is 2.43. The van der Waals surface area contributed by atoms with Gasteiger partial charge in [-0.2, -0.15) is 0 Å². The van der Waals surface area contributed by atoms with Crippen LogP contribution in [0.5, 0.6) is 11.5 Å². The van der Waals surface area contributed by atoms with Crippen LogP contribution in [0.1, 0.15) is 18.4 Å². The van der Waals surface area contributed by atoms with Crippen molar-refractivity contribution < 1.29 is 14.6 Å². The summed E-state index contributed by atoms with van der Waals surface area (Å²) in [5.74, 6) is 1.59. The molecule has 0 amide bonds. The number of benzene rings is 1. The normalized spacial score (nSPS) is 13.7. The van der Waals surface area contributed by atoms with E-state index in [0.717, 1.165) is 11.0 Å². The quantitative estimate of drug-likeness (QED) is 0.756. The number of pyridine rings is 1. The van der Waals surface area contributed by atoms with Gasteiger partial charge in [0.05, 0.1) is 30.9 Å². The number of fused-ring (bicyclic) bond motifs is 1. The molecular weight excluding hydrogens is 294 g/mol. The number of rotatable bonds is 5. The van der Waals surface area contributed by atoms with Gasteiger partial charge in [-0.1, -0.05) is 12.1 Å². The molecule has 6 nitrogen and oxygen atoms in total. The maximum atomic E-state index is 10.9. The molecular formula is C17H19N3O3. The van der Waals surface area contributed by atoms with Gasteiger partial charge in [-0.15, -0.1) is 0 Å². The molecule has 0 spiro atoms. The number of aromatic nitrogens is 3. The summed E-state index contributed by atoms with van der Waals surface area (Å²) in [6.45, 7) is 1.70. The average Bonchev–Trinajstić information content (AvgIpc) is 2.99. The molecule has 0 aliphatic heterocycles. The Balaban J connectivity index is 1.97. The van der Waals surface area contributed by atoms with Gasteiger partial charge in [0.1, 0.15) is 11.4 Å². The number of para-hydroxylation sites is 2. The molecule has 120 valence electrons. The number of imidazole rings is 1. The Morgan fingerprint density at radius 2 is 1.96 bits per heavy atom. The summed E-state index contributed by atoms with van der Waals surface area (Å²) in [5.41, 5.74) is 1.09. The summed E-state index contributed by atoms with van der Waals surface area (Å²) >= 11 is 0. The number of H-pyrrole nitrogens is 1. The van der Waals surface area contributed by atoms with Crippen molar-refractivity contribution in [1.29, 1.82) is 0 Å². The van der Waals surface area contributed by atoms with Crippen LogP contribution >= 0.6 is 0 Å². The highest BCUT2D eigenvalue weighted by molar-refractivity contribution is 5.74. The monoisotopic (exact) mass is 313 g/mol. The molecule has 1 unspecified atom stereocenters. The highest BCUT2D eigenvalue weighted by atomic mass is 16.5. The first kappa shape index (κ1) is 15.3. The fourth-order valence-corrected chi connectivity index (χ4v) is 2.59. The summed E-state index contributed by atoms with van der Waals surface area (Å²) in [6.07, 6.45) is 1.87. The zero-order chi connectivity index (χ0) is 16.4. The molecule has 0 bridgehead atoms. The lowest BCUT2D eigenvalue weighted by Gasteiger charge is -2.22. The first-order chi connectivity index (χ1) is 11.0. The van der Waals surface area contributed by atoms with Gasteiger partial charge in [0, 0.05) is 18.7 Å². The average molecular weight is 313 g/mol. The van der Waals surface area contributed by atoms with Gasteiger partial charge in [-0.3, -0.25) is 4.98 Å². The molecule has 0 fully saturated rings. The molecule has 0 aliphatic rings. The van der Waals surface area contributed by atoms with E-state index in [2.05, 4.69) is 15.0 Å². The number of aromatic amines is 1. The van der Waals surface area contributed by atoms with Gasteiger partial charge < -0.3 is 19.6 Å². The summed E-state index contributed by atoms with van der Waals surface area (Å²) in [6, 6.07) is 9.38. The lowest BCUT2D eigenvalue weighted by Crippen LogP contribution is -2.26. The molecule has 6 heteroatoms. The third-order valence-electron chi connectivity index (χ3n) is 3.78. The fraction of sp³-hybridized carbons (Fsp3) is 0.294. The van der Waals surface area contributed by atoms with Crippen molar-refractivity contribution in [3.63, 3.8) is 0 Å². The molecule has 1 atom stereocenters. The van der Waals surface area contributed by atoms with Gasteiger partial charge >= 0.3 is 0 Å². The number of ether oxygens (including phenoxy) is 2. The van der Waals surface area contributed by atoms with Crippen LogP contribution in [0.25, 0.3) is 11.0 Å². The summed E-state index contributed by atoms with van der Waals surface area (Å²) < 4.78 is 10.7. The highest BCUT2D eigenvalue weighted by Gasteiger charge is 2.30. The number of nitrogens with zero attached hydrogens (tertiary/aromatic N) is 2. The molecule has 0 saturated heterocycles. The van der Waals surface area contributed by atoms with E-state index in [9.17, 15) is 5.11 Å². The van der Waals surface area contributed by atoms with E-state index in [0.29, 0.717) is 23.0 Å². The molecule has 0 aliphatic carbocycles. The minimum Gasteiger partial charge on any atom is -0.493 e. The van der Waals surface area contributed by atoms with E-state index >= 15 is 0 Å². The Morgan fingerprint density at radius 1 is 1.17 bits per heavy atom. The first-order valence-corrected chi connectivity index (χ1v) is 7.28. The molecule has 1 aromatic carbocycles. The molecule has 3 aromatic rings. The molecule has 2 aromatic heterocycles. The van der Waals surface area contributed by atoms with Crippen LogP contribution in [-0.4, -0.2) is 34.3 Å². The second kappa shape index (κ2) is 5.89. The van der Waals surface area contributed by atoms with Gasteiger partial charge in [0.15, 0.2) is 11.5 Å². The van der Waals surface area contributed by atoms with Crippen LogP contribution in [0.4, 0.5) is 0 Å². The van der Waals surface area contributed by atoms with Crippen LogP contribution < -0.4 is 9.47 Å². The van der Waals surface area contributed by atoms with Crippen LogP contribution in [0, 0.1) is 0 Å². The van der Waals surface area contributed by atoms with Crippen LogP contribution in [-0.2, 0) is 12.0 Å². The van der Waals surface area contributed by atoms with E-state index in [4.69, 9.17) is 9.47 Å². The van der Waals surface area contributed by atoms with E-state index in [-0.39, 0.29) is 6.42 Å². The van der Waals surface area contributed by atoms with Crippen LogP contribution in [0.2, 0.25) is 0 Å². The standard InChI is InChI=1S/C17H19N3O3/c1-17(21,16-19-11-6-4-5-7-12(11)20-16)10-13-15(23-3)14(22-2)8-9-18-13/h4-9,21H,10H2,1-3H3,(H,19,20). The smallest absolute Gasteiger partial charge is 0.182 e. The minimum absolute atomic E-state index is 0.243. The summed E-state index contributed by atoms with van der Waals surface area (Å²) in [7, 11) is 3.12. The first-order valence-electron chi connectivity index (χ1n) is 7.28. The Bertz CT molecular complexity index is 794. The predicted molar refractivity (Wildman–Crippen MR) is 86.7 cm³/mol. The fourth-order valence-electron chi connectivity index (χ4n) is 2.59. The van der Waals surface area contributed by atoms with Gasteiger partial charge in [-0.05, 0) is 19.1 Å². The highest BCUT2D eigenvalue weighted by Crippen LogP contribution is 2.33. The number of hydrogen-bond acceptors (Lipinski definition) is 5. The number of methoxy groups -OCH3 is 2. The van der Waals surface area contributed by atoms with Gasteiger partial charge in [0.25, 0.3) is 0 Å². The lowest BCUT2D eigenvalue weighted by molar-refractivity contribution is 0.0475. The maximum Gasteiger partial charge on any atom is 0.182 e. The summed E-state index contributed by atoms with van der Waals surface area (Å²) in [4.78, 5) is 12.0. The van der Waals surface area contributed by atoms with E-state index < -0.39 is 5.60 Å². The van der Waals surface area contributed by atoms with Gasteiger partial charge in [-0.25, -0.2) is 4.98 Å². The number of aliphatic hydroxyl groups is 1. The van der Waals surface area contributed by atoms with Crippen LogP contribution in [0.3, 0.4) is 0 Å². The zero-order valence-electron chi connectivity index (χ0n) is 13.3. The topological polar surface area (TPSA) is 80.3 Å². The molecule has 0 radical (unpaired) electrons. The molecule has 3 rings (SSSR count). The number of nitrogens with one attached hydrogen (secondary N) is 1. The third kappa shape index (κ3) is 2.85. The Labute approximate surface area is 134 Å². The van der Waals surface area contributed by atoms with Crippen molar-refractivity contribution in [3.8, 4) is 11.5 Å². The molecule has 2 heterocycles. The molecule has 2 N–H and O–H groups in total. The van der Waals surface area contributed by atoms with Gasteiger partial charge in [0.2, 0.25) is 0 Å². The maximum absolute atomic E-state index is 10.9. The second-order valence-corrected chi connectivity index (χ2v) is 5.55. The zero-order valence-corrected chi connectivity index (χ0v) is 13.3. The van der Waals surface area contributed by atoms with E-state index in [1.54, 1.807) is 33.4 Å². The van der Waals surface area contributed by atoms with Crippen molar-refractivity contribution in [3.05, 3.63) is 48.0 Å². The SMILES string of the molecule is COc1ccnc(CC(C)(O)c2nc3ccccc3[nH]2)c1OC. The van der Waals surface area contributed by atoms with E-state index in [1.807, 2.05) is 24.3 Å². The Hall–Kier alpha value is -2.60. The van der Waals surface area contributed by atoms with Crippen molar-refractivity contribution in [2.24, 2.45) is 0 Å². The number of hydrogen-bond donors (Lipinski definition) is 2. The Morgan fingerprint density at radius 3 is 2.65 bits per heavy atom. The van der Waals surface area contributed by atoms with Crippen LogP contribution in [0.15, 0.2) is 36.5 Å². The lowest BCUT2D eigenvalue weighted by atomic mass is 9.98. The third-order valence-corrected chi connectivity index (χ3v) is 3.78. The molecule has 0 saturated carbocycles. The van der Waals surface area contributed by atoms with E-state index in [1.165, 1.54) is 0 Å².